The summed E-state index contributed by atoms with van der Waals surface area (Å²) in [6.07, 6.45) is 0. The highest BCUT2D eigenvalue weighted by Crippen LogP contribution is 2.51. The Bertz CT molecular complexity index is 1700. The number of para-hydroxylation sites is 4. The van der Waals surface area contributed by atoms with Gasteiger partial charge in [0, 0.05) is 34.1 Å². The molecule has 0 spiro atoms. The Kier molecular flexibility index (Phi) is 9.96. The van der Waals surface area contributed by atoms with Crippen LogP contribution in [0.4, 0.5) is 0 Å². The van der Waals surface area contributed by atoms with Gasteiger partial charge < -0.3 is 18.9 Å². The van der Waals surface area contributed by atoms with Crippen LogP contribution in [0.5, 0.6) is 23.0 Å². The predicted molar refractivity (Wildman–Crippen MR) is 184 cm³/mol. The van der Waals surface area contributed by atoms with Crippen molar-refractivity contribution in [2.75, 3.05) is 14.2 Å². The lowest BCUT2D eigenvalue weighted by atomic mass is 9.72. The van der Waals surface area contributed by atoms with Gasteiger partial charge in [-0.05, 0) is 35.4 Å². The standard InChI is InChI=1S/C42H38O4/c1-43-37-25-13-9-21-33(37)41(35-23-11-15-27-39(35)45-29-31-17-5-3-6-18-31)42(34-22-10-14-26-38(34)44-2)36-24-12-16-28-40(36)46-30-32-19-7-4-8-20-32/h3-28,41-42H,29-30H2,1-2H3. The molecule has 0 aliphatic heterocycles. The molecule has 230 valence electrons. The Hall–Kier alpha value is -5.48. The topological polar surface area (TPSA) is 36.9 Å². The van der Waals surface area contributed by atoms with Crippen molar-refractivity contribution < 1.29 is 18.9 Å². The second-order valence-electron chi connectivity index (χ2n) is 11.1. The molecule has 0 aromatic heterocycles. The van der Waals surface area contributed by atoms with E-state index in [9.17, 15) is 0 Å². The Balaban J connectivity index is 1.55. The first kappa shape index (κ1) is 30.5. The average molecular weight is 607 g/mol. The number of hydrogen-bond acceptors (Lipinski definition) is 4. The molecule has 0 bridgehead atoms. The number of ether oxygens (including phenoxy) is 4. The molecule has 0 radical (unpaired) electrons. The maximum Gasteiger partial charge on any atom is 0.123 e. The molecule has 0 fully saturated rings. The van der Waals surface area contributed by atoms with Crippen molar-refractivity contribution >= 4 is 0 Å². The summed E-state index contributed by atoms with van der Waals surface area (Å²) < 4.78 is 25.3. The van der Waals surface area contributed by atoms with E-state index in [0.717, 1.165) is 56.4 Å². The molecular weight excluding hydrogens is 568 g/mol. The van der Waals surface area contributed by atoms with Gasteiger partial charge in [0.1, 0.15) is 36.2 Å². The third kappa shape index (κ3) is 6.92. The van der Waals surface area contributed by atoms with Gasteiger partial charge in [-0.25, -0.2) is 0 Å². The highest BCUT2D eigenvalue weighted by atomic mass is 16.5. The zero-order valence-electron chi connectivity index (χ0n) is 26.2. The van der Waals surface area contributed by atoms with Gasteiger partial charge in [0.05, 0.1) is 14.2 Å². The molecule has 0 aliphatic rings. The second-order valence-corrected chi connectivity index (χ2v) is 11.1. The molecule has 4 heteroatoms. The Morgan fingerprint density at radius 1 is 0.348 bits per heavy atom. The summed E-state index contributed by atoms with van der Waals surface area (Å²) in [5.41, 5.74) is 6.36. The SMILES string of the molecule is COc1ccccc1C(c1ccccc1OCc1ccccc1)C(c1ccccc1OC)c1ccccc1OCc1ccccc1. The van der Waals surface area contributed by atoms with Crippen molar-refractivity contribution in [1.82, 2.24) is 0 Å². The minimum absolute atomic E-state index is 0.235. The van der Waals surface area contributed by atoms with Crippen molar-refractivity contribution in [2.45, 2.75) is 25.0 Å². The van der Waals surface area contributed by atoms with Crippen LogP contribution in [0, 0.1) is 0 Å². The van der Waals surface area contributed by atoms with E-state index in [4.69, 9.17) is 18.9 Å². The van der Waals surface area contributed by atoms with E-state index in [1.165, 1.54) is 0 Å². The van der Waals surface area contributed by atoms with E-state index < -0.39 is 0 Å². The van der Waals surface area contributed by atoms with Gasteiger partial charge in [0.25, 0.3) is 0 Å². The van der Waals surface area contributed by atoms with Crippen LogP contribution in [0.3, 0.4) is 0 Å². The molecule has 4 nitrogen and oxygen atoms in total. The molecule has 0 amide bonds. The van der Waals surface area contributed by atoms with Crippen molar-refractivity contribution in [1.29, 1.82) is 0 Å². The van der Waals surface area contributed by atoms with Crippen LogP contribution < -0.4 is 18.9 Å². The van der Waals surface area contributed by atoms with Crippen LogP contribution in [-0.4, -0.2) is 14.2 Å². The van der Waals surface area contributed by atoms with E-state index in [-0.39, 0.29) is 11.8 Å². The average Bonchev–Trinajstić information content (AvgIpc) is 3.13. The highest BCUT2D eigenvalue weighted by Gasteiger charge is 2.35. The van der Waals surface area contributed by atoms with Gasteiger partial charge in [-0.3, -0.25) is 0 Å². The fourth-order valence-corrected chi connectivity index (χ4v) is 6.11. The van der Waals surface area contributed by atoms with E-state index in [2.05, 4.69) is 84.9 Å². The molecule has 0 saturated carbocycles. The van der Waals surface area contributed by atoms with Crippen LogP contribution in [0.2, 0.25) is 0 Å². The van der Waals surface area contributed by atoms with Crippen LogP contribution >= 0.6 is 0 Å². The molecular formula is C42H38O4. The van der Waals surface area contributed by atoms with Gasteiger partial charge >= 0.3 is 0 Å². The second kappa shape index (κ2) is 15.0. The van der Waals surface area contributed by atoms with Crippen molar-refractivity contribution in [2.24, 2.45) is 0 Å². The molecule has 0 aliphatic carbocycles. The third-order valence-electron chi connectivity index (χ3n) is 8.26. The van der Waals surface area contributed by atoms with Crippen molar-refractivity contribution in [3.05, 3.63) is 191 Å². The molecule has 2 unspecified atom stereocenters. The summed E-state index contributed by atoms with van der Waals surface area (Å²) >= 11 is 0. The third-order valence-corrected chi connectivity index (χ3v) is 8.26. The monoisotopic (exact) mass is 606 g/mol. The van der Waals surface area contributed by atoms with Gasteiger partial charge in [-0.1, -0.05) is 133 Å². The van der Waals surface area contributed by atoms with Gasteiger partial charge in [-0.2, -0.15) is 0 Å². The summed E-state index contributed by atoms with van der Waals surface area (Å²) in [5.74, 6) is 2.75. The van der Waals surface area contributed by atoms with E-state index in [1.54, 1.807) is 14.2 Å². The fraction of sp³-hybridized carbons (Fsp3) is 0.143. The van der Waals surface area contributed by atoms with E-state index in [0.29, 0.717) is 13.2 Å². The van der Waals surface area contributed by atoms with E-state index >= 15 is 0 Å². The molecule has 46 heavy (non-hydrogen) atoms. The van der Waals surface area contributed by atoms with Crippen LogP contribution in [0.15, 0.2) is 158 Å². The van der Waals surface area contributed by atoms with E-state index in [1.807, 2.05) is 72.8 Å². The highest BCUT2D eigenvalue weighted by molar-refractivity contribution is 5.57. The summed E-state index contributed by atoms with van der Waals surface area (Å²) in [7, 11) is 3.45. The Morgan fingerprint density at radius 2 is 0.630 bits per heavy atom. The first-order valence-corrected chi connectivity index (χ1v) is 15.5. The zero-order valence-corrected chi connectivity index (χ0v) is 26.2. The molecule has 0 heterocycles. The van der Waals surface area contributed by atoms with Crippen LogP contribution in [0.1, 0.15) is 45.2 Å². The lowest BCUT2D eigenvalue weighted by Crippen LogP contribution is -2.18. The molecule has 6 aromatic carbocycles. The molecule has 2 atom stereocenters. The predicted octanol–water partition coefficient (Wildman–Crippen LogP) is 9.83. The first-order chi connectivity index (χ1) is 22.8. The van der Waals surface area contributed by atoms with Crippen LogP contribution in [0.25, 0.3) is 0 Å². The lowest BCUT2D eigenvalue weighted by Gasteiger charge is -2.33. The smallest absolute Gasteiger partial charge is 0.123 e. The minimum atomic E-state index is -0.235. The Labute approximate surface area is 271 Å². The zero-order chi connectivity index (χ0) is 31.6. The molecule has 6 aromatic rings. The number of methoxy groups -OCH3 is 2. The Morgan fingerprint density at radius 3 is 0.978 bits per heavy atom. The molecule has 0 N–H and O–H groups in total. The largest absolute Gasteiger partial charge is 0.496 e. The maximum absolute atomic E-state index is 6.61. The van der Waals surface area contributed by atoms with Crippen LogP contribution in [-0.2, 0) is 13.2 Å². The van der Waals surface area contributed by atoms with Gasteiger partial charge in [0.15, 0.2) is 0 Å². The maximum atomic E-state index is 6.61. The van der Waals surface area contributed by atoms with Gasteiger partial charge in [-0.15, -0.1) is 0 Å². The fourth-order valence-electron chi connectivity index (χ4n) is 6.11. The van der Waals surface area contributed by atoms with Crippen molar-refractivity contribution in [3.8, 4) is 23.0 Å². The van der Waals surface area contributed by atoms with Gasteiger partial charge in [0.2, 0.25) is 0 Å². The minimum Gasteiger partial charge on any atom is -0.496 e. The summed E-state index contributed by atoms with van der Waals surface area (Å²) in [5, 5.41) is 0. The summed E-state index contributed by atoms with van der Waals surface area (Å²) in [6.45, 7) is 0.902. The quantitative estimate of drug-likeness (QED) is 0.131. The number of benzene rings is 6. The number of hydrogen-bond donors (Lipinski definition) is 0. The number of rotatable bonds is 13. The summed E-state index contributed by atoms with van der Waals surface area (Å²) in [6, 6.07) is 53.6. The van der Waals surface area contributed by atoms with Crippen molar-refractivity contribution in [3.63, 3.8) is 0 Å². The summed E-state index contributed by atoms with van der Waals surface area (Å²) in [4.78, 5) is 0. The first-order valence-electron chi connectivity index (χ1n) is 15.5. The lowest BCUT2D eigenvalue weighted by molar-refractivity contribution is 0.296. The molecule has 6 rings (SSSR count). The molecule has 0 saturated heterocycles. The normalized spacial score (nSPS) is 12.1.